The van der Waals surface area contributed by atoms with Crippen LogP contribution >= 0.6 is 11.8 Å². The van der Waals surface area contributed by atoms with Crippen molar-refractivity contribution < 1.29 is 9.53 Å². The van der Waals surface area contributed by atoms with E-state index in [-0.39, 0.29) is 11.9 Å². The SMILES string of the molecule is CSc1nc(=O)[nH]c(C)c1C(=O)N[C@H]1COc2c1ccc(C)c2C. The number of benzene rings is 1. The molecule has 2 heterocycles. The lowest BCUT2D eigenvalue weighted by Crippen LogP contribution is -2.32. The van der Waals surface area contributed by atoms with E-state index in [1.807, 2.05) is 26.0 Å². The number of carbonyl (C=O) groups is 1. The standard InChI is InChI=1S/C17H19N3O3S/c1-8-5-6-11-12(7-23-14(11)9(8)2)19-15(21)13-10(3)18-17(22)20-16(13)24-4/h5-6,12H,7H2,1-4H3,(H,19,21)(H,18,20,22)/t12-/m0/s1. The van der Waals surface area contributed by atoms with Crippen LogP contribution in [0.15, 0.2) is 22.0 Å². The average Bonchev–Trinajstić information content (AvgIpc) is 2.93. The molecule has 0 bridgehead atoms. The van der Waals surface area contributed by atoms with Gasteiger partial charge in [0, 0.05) is 11.3 Å². The second kappa shape index (κ2) is 6.32. The highest BCUT2D eigenvalue weighted by atomic mass is 32.2. The molecule has 0 saturated carbocycles. The molecule has 1 atom stereocenters. The van der Waals surface area contributed by atoms with Gasteiger partial charge in [0.2, 0.25) is 0 Å². The second-order valence-electron chi connectivity index (χ2n) is 5.81. The van der Waals surface area contributed by atoms with Crippen LogP contribution in [0.4, 0.5) is 0 Å². The number of aromatic amines is 1. The number of aromatic nitrogens is 2. The van der Waals surface area contributed by atoms with Crippen LogP contribution in [0.5, 0.6) is 5.75 Å². The van der Waals surface area contributed by atoms with E-state index < -0.39 is 5.69 Å². The van der Waals surface area contributed by atoms with Gasteiger partial charge in [0.15, 0.2) is 0 Å². The number of nitrogens with zero attached hydrogens (tertiary/aromatic N) is 1. The number of aryl methyl sites for hydroxylation is 2. The summed E-state index contributed by atoms with van der Waals surface area (Å²) in [6, 6.07) is 3.80. The minimum absolute atomic E-state index is 0.215. The summed E-state index contributed by atoms with van der Waals surface area (Å²) in [7, 11) is 0. The Balaban J connectivity index is 1.91. The summed E-state index contributed by atoms with van der Waals surface area (Å²) in [6.07, 6.45) is 1.79. The van der Waals surface area contributed by atoms with Crippen LogP contribution in [0.2, 0.25) is 0 Å². The van der Waals surface area contributed by atoms with Gasteiger partial charge in [-0.15, -0.1) is 11.8 Å². The normalized spacial score (nSPS) is 15.8. The number of hydrogen-bond donors (Lipinski definition) is 2. The monoisotopic (exact) mass is 345 g/mol. The molecule has 0 radical (unpaired) electrons. The number of hydrogen-bond acceptors (Lipinski definition) is 5. The highest BCUT2D eigenvalue weighted by Gasteiger charge is 2.29. The first-order chi connectivity index (χ1) is 11.4. The zero-order valence-electron chi connectivity index (χ0n) is 14.0. The molecule has 1 aliphatic heterocycles. The fourth-order valence-corrected chi connectivity index (χ4v) is 3.48. The lowest BCUT2D eigenvalue weighted by atomic mass is 10.0. The van der Waals surface area contributed by atoms with Crippen LogP contribution in [0.25, 0.3) is 0 Å². The van der Waals surface area contributed by atoms with Crippen molar-refractivity contribution in [1.82, 2.24) is 15.3 Å². The number of nitrogens with one attached hydrogen (secondary N) is 2. The van der Waals surface area contributed by atoms with Gasteiger partial charge in [-0.2, -0.15) is 4.98 Å². The summed E-state index contributed by atoms with van der Waals surface area (Å²) in [5, 5.41) is 3.42. The van der Waals surface area contributed by atoms with Crippen molar-refractivity contribution in [3.8, 4) is 5.75 Å². The van der Waals surface area contributed by atoms with Crippen molar-refractivity contribution in [3.63, 3.8) is 0 Å². The van der Waals surface area contributed by atoms with Crippen LogP contribution in [-0.2, 0) is 0 Å². The van der Waals surface area contributed by atoms with Gasteiger partial charge < -0.3 is 15.0 Å². The van der Waals surface area contributed by atoms with Crippen molar-refractivity contribution in [2.45, 2.75) is 31.8 Å². The minimum atomic E-state index is -0.450. The van der Waals surface area contributed by atoms with Gasteiger partial charge in [0.05, 0.1) is 11.6 Å². The van der Waals surface area contributed by atoms with E-state index in [2.05, 4.69) is 15.3 Å². The fourth-order valence-electron chi connectivity index (χ4n) is 2.86. The number of ether oxygens (including phenoxy) is 1. The Bertz CT molecular complexity index is 876. The van der Waals surface area contributed by atoms with E-state index in [0.717, 1.165) is 22.4 Å². The zero-order valence-corrected chi connectivity index (χ0v) is 14.8. The van der Waals surface area contributed by atoms with Crippen molar-refractivity contribution in [2.75, 3.05) is 12.9 Å². The molecule has 6 nitrogen and oxygen atoms in total. The van der Waals surface area contributed by atoms with Crippen LogP contribution in [0.1, 0.15) is 38.8 Å². The van der Waals surface area contributed by atoms with Gasteiger partial charge in [-0.1, -0.05) is 12.1 Å². The van der Waals surface area contributed by atoms with E-state index in [1.165, 1.54) is 11.8 Å². The van der Waals surface area contributed by atoms with Crippen LogP contribution in [-0.4, -0.2) is 28.7 Å². The maximum absolute atomic E-state index is 12.7. The molecule has 1 aromatic carbocycles. The Morgan fingerprint density at radius 1 is 1.38 bits per heavy atom. The molecule has 3 rings (SSSR count). The maximum atomic E-state index is 12.7. The van der Waals surface area contributed by atoms with Crippen molar-refractivity contribution in [1.29, 1.82) is 0 Å². The van der Waals surface area contributed by atoms with Crippen LogP contribution in [0.3, 0.4) is 0 Å². The van der Waals surface area contributed by atoms with Gasteiger partial charge >= 0.3 is 5.69 Å². The van der Waals surface area contributed by atoms with Crippen molar-refractivity contribution >= 4 is 17.7 Å². The van der Waals surface area contributed by atoms with Gasteiger partial charge in [-0.05, 0) is 38.2 Å². The molecule has 1 amide bonds. The summed E-state index contributed by atoms with van der Waals surface area (Å²) < 4.78 is 5.77. The van der Waals surface area contributed by atoms with Crippen LogP contribution < -0.4 is 15.7 Å². The topological polar surface area (TPSA) is 84.1 Å². The minimum Gasteiger partial charge on any atom is -0.490 e. The first-order valence-corrected chi connectivity index (χ1v) is 8.83. The van der Waals surface area contributed by atoms with Crippen molar-refractivity contribution in [2.24, 2.45) is 0 Å². The van der Waals surface area contributed by atoms with E-state index >= 15 is 0 Å². The number of thioether (sulfide) groups is 1. The molecule has 1 aromatic heterocycles. The quantitative estimate of drug-likeness (QED) is 0.659. The molecular weight excluding hydrogens is 326 g/mol. The van der Waals surface area contributed by atoms with E-state index in [0.29, 0.717) is 22.9 Å². The van der Waals surface area contributed by atoms with E-state index in [1.54, 1.807) is 13.2 Å². The first kappa shape index (κ1) is 16.6. The third-order valence-electron chi connectivity index (χ3n) is 4.29. The third-order valence-corrected chi connectivity index (χ3v) is 4.97. The average molecular weight is 345 g/mol. The van der Waals surface area contributed by atoms with E-state index in [4.69, 9.17) is 4.74 Å². The first-order valence-electron chi connectivity index (χ1n) is 7.61. The maximum Gasteiger partial charge on any atom is 0.346 e. The fraction of sp³-hybridized carbons (Fsp3) is 0.353. The number of amides is 1. The molecule has 2 aromatic rings. The van der Waals surface area contributed by atoms with Gasteiger partial charge in [-0.25, -0.2) is 4.79 Å². The third kappa shape index (κ3) is 2.80. The molecule has 7 heteroatoms. The predicted octanol–water partition coefficient (Wildman–Crippen LogP) is 2.28. The van der Waals surface area contributed by atoms with Crippen molar-refractivity contribution in [3.05, 3.63) is 50.6 Å². The molecule has 0 aliphatic carbocycles. The number of fused-ring (bicyclic) bond motifs is 1. The smallest absolute Gasteiger partial charge is 0.346 e. The molecular formula is C17H19N3O3S. The highest BCUT2D eigenvalue weighted by Crippen LogP contribution is 2.36. The summed E-state index contributed by atoms with van der Waals surface area (Å²) >= 11 is 1.28. The highest BCUT2D eigenvalue weighted by molar-refractivity contribution is 7.98. The Kier molecular flexibility index (Phi) is 4.36. The van der Waals surface area contributed by atoms with E-state index in [9.17, 15) is 9.59 Å². The molecule has 0 spiro atoms. The summed E-state index contributed by atoms with van der Waals surface area (Å²) in [4.78, 5) is 30.7. The molecule has 0 fully saturated rings. The largest absolute Gasteiger partial charge is 0.490 e. The molecule has 0 saturated heterocycles. The summed E-state index contributed by atoms with van der Waals surface area (Å²) in [5.74, 6) is 0.585. The summed E-state index contributed by atoms with van der Waals surface area (Å²) in [6.45, 7) is 6.14. The number of H-pyrrole nitrogens is 1. The second-order valence-corrected chi connectivity index (χ2v) is 6.61. The molecule has 2 N–H and O–H groups in total. The lowest BCUT2D eigenvalue weighted by Gasteiger charge is -2.14. The number of carbonyl (C=O) groups excluding carboxylic acids is 1. The Morgan fingerprint density at radius 2 is 2.12 bits per heavy atom. The zero-order chi connectivity index (χ0) is 17.4. The molecule has 1 aliphatic rings. The molecule has 126 valence electrons. The van der Waals surface area contributed by atoms with Gasteiger partial charge in [-0.3, -0.25) is 4.79 Å². The Morgan fingerprint density at radius 3 is 2.83 bits per heavy atom. The van der Waals surface area contributed by atoms with Gasteiger partial charge in [0.25, 0.3) is 5.91 Å². The Hall–Kier alpha value is -2.28. The Labute approximate surface area is 144 Å². The van der Waals surface area contributed by atoms with Crippen LogP contribution in [0, 0.1) is 20.8 Å². The molecule has 0 unspecified atom stereocenters. The summed E-state index contributed by atoms with van der Waals surface area (Å²) in [5.41, 5.74) is 3.69. The molecule has 24 heavy (non-hydrogen) atoms. The van der Waals surface area contributed by atoms with Gasteiger partial charge in [0.1, 0.15) is 17.4 Å². The lowest BCUT2D eigenvalue weighted by molar-refractivity contribution is 0.0925. The number of rotatable bonds is 3. The predicted molar refractivity (Wildman–Crippen MR) is 93.0 cm³/mol.